The molecule has 19 heavy (non-hydrogen) atoms. The average Bonchev–Trinajstić information content (AvgIpc) is 3.09. The first-order valence-electron chi connectivity index (χ1n) is 7.21. The number of nitrogens with zero attached hydrogens (tertiary/aromatic N) is 4. The summed E-state index contributed by atoms with van der Waals surface area (Å²) in [5.74, 6) is 2.09. The number of rotatable bonds is 4. The Balaban J connectivity index is 1.66. The molecule has 2 fully saturated rings. The van der Waals surface area contributed by atoms with Crippen LogP contribution in [0.25, 0.3) is 0 Å². The van der Waals surface area contributed by atoms with Crippen molar-refractivity contribution in [1.29, 1.82) is 0 Å². The minimum absolute atomic E-state index is 0.283. The molecule has 104 valence electrons. The Bertz CT molecular complexity index is 427. The zero-order valence-electron chi connectivity index (χ0n) is 11.1. The van der Waals surface area contributed by atoms with Gasteiger partial charge in [-0.15, -0.1) is 0 Å². The molecule has 1 saturated heterocycles. The molecule has 1 aromatic heterocycles. The van der Waals surface area contributed by atoms with E-state index in [-0.39, 0.29) is 5.28 Å². The van der Waals surface area contributed by atoms with Crippen molar-refractivity contribution in [1.82, 2.24) is 15.0 Å². The van der Waals surface area contributed by atoms with Crippen LogP contribution < -0.4 is 10.2 Å². The fourth-order valence-corrected chi connectivity index (χ4v) is 3.08. The lowest BCUT2D eigenvalue weighted by Gasteiger charge is -2.16. The first-order valence-corrected chi connectivity index (χ1v) is 7.59. The van der Waals surface area contributed by atoms with Crippen molar-refractivity contribution in [2.24, 2.45) is 5.92 Å². The predicted octanol–water partition coefficient (Wildman–Crippen LogP) is 2.73. The zero-order valence-corrected chi connectivity index (χ0v) is 11.9. The highest BCUT2D eigenvalue weighted by Gasteiger charge is 2.18. The van der Waals surface area contributed by atoms with Gasteiger partial charge in [-0.25, -0.2) is 0 Å². The molecule has 0 bridgehead atoms. The summed E-state index contributed by atoms with van der Waals surface area (Å²) in [5, 5.41) is 3.60. The highest BCUT2D eigenvalue weighted by atomic mass is 35.5. The molecule has 1 aliphatic carbocycles. The molecule has 0 aromatic carbocycles. The minimum Gasteiger partial charge on any atom is -0.354 e. The fraction of sp³-hybridized carbons (Fsp3) is 0.769. The van der Waals surface area contributed by atoms with Gasteiger partial charge in [-0.05, 0) is 43.2 Å². The van der Waals surface area contributed by atoms with Crippen molar-refractivity contribution in [2.75, 3.05) is 29.9 Å². The van der Waals surface area contributed by atoms with Gasteiger partial charge in [0.1, 0.15) is 0 Å². The van der Waals surface area contributed by atoms with Crippen LogP contribution in [0.4, 0.5) is 11.9 Å². The monoisotopic (exact) mass is 281 g/mol. The molecule has 2 aliphatic rings. The molecular weight excluding hydrogens is 262 g/mol. The largest absolute Gasteiger partial charge is 0.354 e. The maximum atomic E-state index is 5.99. The van der Waals surface area contributed by atoms with Crippen LogP contribution in [0, 0.1) is 5.92 Å². The minimum atomic E-state index is 0.283. The van der Waals surface area contributed by atoms with Gasteiger partial charge in [0, 0.05) is 19.6 Å². The number of aromatic nitrogens is 3. The molecule has 5 nitrogen and oxygen atoms in total. The second-order valence-electron chi connectivity index (χ2n) is 5.45. The Morgan fingerprint density at radius 1 is 1.05 bits per heavy atom. The van der Waals surface area contributed by atoms with E-state index >= 15 is 0 Å². The number of halogens is 1. The Labute approximate surface area is 118 Å². The third kappa shape index (κ3) is 3.26. The first kappa shape index (κ1) is 12.9. The van der Waals surface area contributed by atoms with Crippen LogP contribution in [0.15, 0.2) is 0 Å². The molecular formula is C13H20ClN5. The van der Waals surface area contributed by atoms with E-state index in [0.717, 1.165) is 25.6 Å². The fourth-order valence-electron chi connectivity index (χ4n) is 2.93. The van der Waals surface area contributed by atoms with E-state index in [2.05, 4.69) is 25.2 Å². The van der Waals surface area contributed by atoms with E-state index in [1.807, 2.05) is 0 Å². The second-order valence-corrected chi connectivity index (χ2v) is 5.79. The van der Waals surface area contributed by atoms with E-state index in [0.29, 0.717) is 11.9 Å². The SMILES string of the molecule is Clc1nc(NCC2CCCC2)nc(N2CCCC2)n1. The molecule has 1 N–H and O–H groups in total. The standard InChI is InChI=1S/C13H20ClN5/c14-11-16-12(15-9-10-5-1-2-6-10)18-13(17-11)19-7-3-4-8-19/h10H,1-9H2,(H,15,16,17,18). The van der Waals surface area contributed by atoms with Gasteiger partial charge in [0.15, 0.2) is 0 Å². The van der Waals surface area contributed by atoms with E-state index in [1.165, 1.54) is 38.5 Å². The molecule has 0 spiro atoms. The van der Waals surface area contributed by atoms with E-state index in [9.17, 15) is 0 Å². The van der Waals surface area contributed by atoms with Crippen molar-refractivity contribution >= 4 is 23.5 Å². The number of hydrogen-bond donors (Lipinski definition) is 1. The molecule has 6 heteroatoms. The summed E-state index contributed by atoms with van der Waals surface area (Å²) in [7, 11) is 0. The van der Waals surface area contributed by atoms with E-state index in [4.69, 9.17) is 11.6 Å². The van der Waals surface area contributed by atoms with Crippen LogP contribution in [0.5, 0.6) is 0 Å². The van der Waals surface area contributed by atoms with Crippen LogP contribution in [-0.2, 0) is 0 Å². The van der Waals surface area contributed by atoms with Crippen LogP contribution in [0.1, 0.15) is 38.5 Å². The van der Waals surface area contributed by atoms with Crippen molar-refractivity contribution in [2.45, 2.75) is 38.5 Å². The van der Waals surface area contributed by atoms with Crippen LogP contribution in [0.3, 0.4) is 0 Å². The lowest BCUT2D eigenvalue weighted by Crippen LogP contribution is -2.22. The highest BCUT2D eigenvalue weighted by Crippen LogP contribution is 2.25. The highest BCUT2D eigenvalue weighted by molar-refractivity contribution is 6.28. The lowest BCUT2D eigenvalue weighted by atomic mass is 10.1. The normalized spacial score (nSPS) is 20.2. The van der Waals surface area contributed by atoms with Crippen LogP contribution in [-0.4, -0.2) is 34.6 Å². The summed E-state index contributed by atoms with van der Waals surface area (Å²) in [6.45, 7) is 2.98. The Hall–Kier alpha value is -1.10. The summed E-state index contributed by atoms with van der Waals surface area (Å²) in [5.41, 5.74) is 0. The summed E-state index contributed by atoms with van der Waals surface area (Å²) < 4.78 is 0. The maximum Gasteiger partial charge on any atom is 0.231 e. The summed E-state index contributed by atoms with van der Waals surface area (Å²) in [4.78, 5) is 15.1. The molecule has 2 heterocycles. The predicted molar refractivity (Wildman–Crippen MR) is 76.7 cm³/mol. The average molecular weight is 282 g/mol. The third-order valence-corrected chi connectivity index (χ3v) is 4.18. The number of nitrogens with one attached hydrogen (secondary N) is 1. The zero-order chi connectivity index (χ0) is 13.1. The second kappa shape index (κ2) is 5.90. The molecule has 0 atom stereocenters. The third-order valence-electron chi connectivity index (χ3n) is 4.01. The quantitative estimate of drug-likeness (QED) is 0.920. The molecule has 0 radical (unpaired) electrons. The summed E-state index contributed by atoms with van der Waals surface area (Å²) >= 11 is 5.99. The van der Waals surface area contributed by atoms with Crippen molar-refractivity contribution < 1.29 is 0 Å². The van der Waals surface area contributed by atoms with Crippen molar-refractivity contribution in [3.63, 3.8) is 0 Å². The first-order chi connectivity index (χ1) is 9.31. The molecule has 1 aromatic rings. The van der Waals surface area contributed by atoms with Gasteiger partial charge in [-0.3, -0.25) is 0 Å². The number of hydrogen-bond acceptors (Lipinski definition) is 5. The van der Waals surface area contributed by atoms with Crippen molar-refractivity contribution in [3.05, 3.63) is 5.28 Å². The lowest BCUT2D eigenvalue weighted by molar-refractivity contribution is 0.577. The van der Waals surface area contributed by atoms with Gasteiger partial charge < -0.3 is 10.2 Å². The van der Waals surface area contributed by atoms with Gasteiger partial charge in [0.2, 0.25) is 17.2 Å². The summed E-state index contributed by atoms with van der Waals surface area (Å²) in [6, 6.07) is 0. The molecule has 3 rings (SSSR count). The molecule has 0 unspecified atom stereocenters. The molecule has 1 saturated carbocycles. The topological polar surface area (TPSA) is 53.9 Å². The maximum absolute atomic E-state index is 5.99. The Kier molecular flexibility index (Phi) is 4.01. The van der Waals surface area contributed by atoms with Gasteiger partial charge >= 0.3 is 0 Å². The summed E-state index contributed by atoms with van der Waals surface area (Å²) in [6.07, 6.45) is 7.73. The molecule has 0 amide bonds. The van der Waals surface area contributed by atoms with Gasteiger partial charge in [0.25, 0.3) is 0 Å². The van der Waals surface area contributed by atoms with E-state index in [1.54, 1.807) is 0 Å². The van der Waals surface area contributed by atoms with Gasteiger partial charge in [-0.1, -0.05) is 12.8 Å². The van der Waals surface area contributed by atoms with Crippen molar-refractivity contribution in [3.8, 4) is 0 Å². The number of anilines is 2. The Morgan fingerprint density at radius 2 is 1.79 bits per heavy atom. The molecule has 1 aliphatic heterocycles. The van der Waals surface area contributed by atoms with Crippen LogP contribution >= 0.6 is 11.6 Å². The van der Waals surface area contributed by atoms with E-state index < -0.39 is 0 Å². The smallest absolute Gasteiger partial charge is 0.231 e. The van der Waals surface area contributed by atoms with Gasteiger partial charge in [-0.2, -0.15) is 15.0 Å². The van der Waals surface area contributed by atoms with Gasteiger partial charge in [0.05, 0.1) is 0 Å². The van der Waals surface area contributed by atoms with Crippen LogP contribution in [0.2, 0.25) is 5.28 Å². The Morgan fingerprint density at radius 3 is 2.53 bits per heavy atom.